The lowest BCUT2D eigenvalue weighted by molar-refractivity contribution is 0.0971. The third-order valence-electron chi connectivity index (χ3n) is 3.93. The molecule has 4 nitrogen and oxygen atoms in total. The number of hydrogen-bond donors (Lipinski definition) is 0. The lowest BCUT2D eigenvalue weighted by Crippen LogP contribution is -2.19. The van der Waals surface area contributed by atoms with Crippen molar-refractivity contribution < 1.29 is 4.79 Å². The van der Waals surface area contributed by atoms with Crippen molar-refractivity contribution in [2.24, 2.45) is 0 Å². The maximum absolute atomic E-state index is 12.0. The van der Waals surface area contributed by atoms with Crippen molar-refractivity contribution in [3.8, 4) is 0 Å². The molecule has 19 heavy (non-hydrogen) atoms. The number of hydrogen-bond acceptors (Lipinski definition) is 2. The van der Waals surface area contributed by atoms with Gasteiger partial charge in [-0.2, -0.15) is 0 Å². The lowest BCUT2D eigenvalue weighted by atomic mass is 9.96. The smallest absolute Gasteiger partial charge is 0.164 e. The minimum atomic E-state index is 0.304. The summed E-state index contributed by atoms with van der Waals surface area (Å²) in [7, 11) is 0. The number of nitrogens with zero attached hydrogens (tertiary/aromatic N) is 3. The van der Waals surface area contributed by atoms with E-state index < -0.39 is 0 Å². The molecule has 0 radical (unpaired) electrons. The summed E-state index contributed by atoms with van der Waals surface area (Å²) in [5.74, 6) is 0.304. The zero-order valence-electron chi connectivity index (χ0n) is 11.5. The van der Waals surface area contributed by atoms with E-state index in [0.29, 0.717) is 18.2 Å². The van der Waals surface area contributed by atoms with Crippen LogP contribution in [0.15, 0.2) is 24.8 Å². The van der Waals surface area contributed by atoms with Crippen molar-refractivity contribution in [2.75, 3.05) is 0 Å². The van der Waals surface area contributed by atoms with Crippen molar-refractivity contribution >= 4 is 5.78 Å². The van der Waals surface area contributed by atoms with Gasteiger partial charge in [-0.1, -0.05) is 0 Å². The van der Waals surface area contributed by atoms with E-state index in [-0.39, 0.29) is 0 Å². The first-order chi connectivity index (χ1) is 9.16. The second-order valence-electron chi connectivity index (χ2n) is 5.40. The fourth-order valence-corrected chi connectivity index (χ4v) is 3.15. The molecule has 0 aliphatic heterocycles. The maximum atomic E-state index is 12.0. The highest BCUT2D eigenvalue weighted by molar-refractivity contribution is 5.98. The van der Waals surface area contributed by atoms with Crippen molar-refractivity contribution in [2.45, 2.75) is 45.7 Å². The molecule has 0 N–H and O–H groups in total. The largest absolute Gasteiger partial charge is 0.344 e. The Kier molecular flexibility index (Phi) is 3.01. The van der Waals surface area contributed by atoms with Gasteiger partial charge in [0.05, 0.1) is 6.33 Å². The van der Waals surface area contributed by atoms with E-state index in [9.17, 15) is 4.79 Å². The Morgan fingerprint density at radius 2 is 2.26 bits per heavy atom. The Labute approximate surface area is 113 Å². The van der Waals surface area contributed by atoms with E-state index >= 15 is 0 Å². The molecule has 0 spiro atoms. The third-order valence-corrected chi connectivity index (χ3v) is 3.93. The predicted octanol–water partition coefficient (Wildman–Crippen LogP) is 2.77. The summed E-state index contributed by atoms with van der Waals surface area (Å²) in [6.45, 7) is 5.18. The summed E-state index contributed by atoms with van der Waals surface area (Å²) in [4.78, 5) is 16.0. The van der Waals surface area contributed by atoms with E-state index in [0.717, 1.165) is 24.9 Å². The first-order valence-corrected chi connectivity index (χ1v) is 6.86. The van der Waals surface area contributed by atoms with Gasteiger partial charge in [-0.3, -0.25) is 4.79 Å². The highest BCUT2D eigenvalue weighted by Gasteiger charge is 2.24. The number of aryl methyl sites for hydroxylation is 1. The van der Waals surface area contributed by atoms with Crippen LogP contribution >= 0.6 is 0 Å². The topological polar surface area (TPSA) is 39.8 Å². The molecule has 0 bridgehead atoms. The standard InChI is InChI=1S/C15H19N3O/c1-11-8-13-14(4-3-5-15(13)19)18(11)12(2)9-17-7-6-16-10-17/h6-8,10,12H,3-5,9H2,1-2H3. The fraction of sp³-hybridized carbons (Fsp3) is 0.467. The second kappa shape index (κ2) is 4.68. The Hall–Kier alpha value is -1.84. The number of ketones is 1. The monoisotopic (exact) mass is 257 g/mol. The van der Waals surface area contributed by atoms with Gasteiger partial charge in [0.15, 0.2) is 5.78 Å². The van der Waals surface area contributed by atoms with Crippen LogP contribution in [0.2, 0.25) is 0 Å². The molecule has 1 atom stereocenters. The minimum absolute atomic E-state index is 0.304. The van der Waals surface area contributed by atoms with Crippen LogP contribution in [-0.4, -0.2) is 19.9 Å². The average molecular weight is 257 g/mol. The molecule has 1 unspecified atom stereocenters. The Morgan fingerprint density at radius 3 is 3.00 bits per heavy atom. The lowest BCUT2D eigenvalue weighted by Gasteiger charge is -2.22. The van der Waals surface area contributed by atoms with Crippen LogP contribution in [0.5, 0.6) is 0 Å². The Morgan fingerprint density at radius 1 is 1.42 bits per heavy atom. The molecule has 0 saturated carbocycles. The summed E-state index contributed by atoms with van der Waals surface area (Å²) in [6.07, 6.45) is 8.32. The molecular weight excluding hydrogens is 238 g/mol. The van der Waals surface area contributed by atoms with E-state index in [4.69, 9.17) is 0 Å². The van der Waals surface area contributed by atoms with Crippen molar-refractivity contribution in [1.82, 2.24) is 14.1 Å². The number of carbonyl (C=O) groups excluding carboxylic acids is 1. The van der Waals surface area contributed by atoms with Gasteiger partial charge in [0, 0.05) is 48.4 Å². The molecule has 0 fully saturated rings. The van der Waals surface area contributed by atoms with Crippen LogP contribution < -0.4 is 0 Å². The zero-order chi connectivity index (χ0) is 13.4. The van der Waals surface area contributed by atoms with E-state index in [1.807, 2.05) is 12.5 Å². The van der Waals surface area contributed by atoms with E-state index in [2.05, 4.69) is 34.0 Å². The van der Waals surface area contributed by atoms with Gasteiger partial charge in [-0.25, -0.2) is 4.98 Å². The third kappa shape index (κ3) is 2.11. The molecule has 1 aliphatic rings. The summed E-state index contributed by atoms with van der Waals surface area (Å²) in [5, 5.41) is 0. The van der Waals surface area contributed by atoms with Crippen molar-refractivity contribution in [3.63, 3.8) is 0 Å². The van der Waals surface area contributed by atoms with Crippen molar-refractivity contribution in [1.29, 1.82) is 0 Å². The molecule has 100 valence electrons. The first-order valence-electron chi connectivity index (χ1n) is 6.86. The second-order valence-corrected chi connectivity index (χ2v) is 5.40. The molecule has 4 heteroatoms. The van der Waals surface area contributed by atoms with Gasteiger partial charge in [-0.05, 0) is 32.8 Å². The summed E-state index contributed by atoms with van der Waals surface area (Å²) < 4.78 is 4.41. The fourth-order valence-electron chi connectivity index (χ4n) is 3.15. The zero-order valence-corrected chi connectivity index (χ0v) is 11.5. The van der Waals surface area contributed by atoms with Crippen LogP contribution in [-0.2, 0) is 13.0 Å². The SMILES string of the molecule is Cc1cc2c(n1C(C)Cn1ccnc1)CCCC2=O. The maximum Gasteiger partial charge on any atom is 0.164 e. The van der Waals surface area contributed by atoms with E-state index in [1.165, 1.54) is 11.4 Å². The summed E-state index contributed by atoms with van der Waals surface area (Å²) in [6, 6.07) is 2.39. The van der Waals surface area contributed by atoms with Gasteiger partial charge >= 0.3 is 0 Å². The van der Waals surface area contributed by atoms with Crippen LogP contribution in [0.4, 0.5) is 0 Å². The quantitative estimate of drug-likeness (QED) is 0.848. The number of aromatic nitrogens is 3. The van der Waals surface area contributed by atoms with Gasteiger partial charge in [0.1, 0.15) is 0 Å². The van der Waals surface area contributed by atoms with E-state index in [1.54, 1.807) is 6.20 Å². The number of Topliss-reactive ketones (excluding diaryl/α,β-unsaturated/α-hetero) is 1. The molecule has 2 aromatic rings. The molecule has 1 aliphatic carbocycles. The summed E-state index contributed by atoms with van der Waals surface area (Å²) in [5.41, 5.74) is 3.36. The molecule has 2 heterocycles. The van der Waals surface area contributed by atoms with Gasteiger partial charge in [0.25, 0.3) is 0 Å². The summed E-state index contributed by atoms with van der Waals surface area (Å²) >= 11 is 0. The molecule has 0 aromatic carbocycles. The molecule has 2 aromatic heterocycles. The Balaban J connectivity index is 1.94. The number of imidazole rings is 1. The molecular formula is C15H19N3O. The number of carbonyl (C=O) groups is 1. The normalized spacial score (nSPS) is 16.4. The van der Waals surface area contributed by atoms with Gasteiger partial charge < -0.3 is 9.13 Å². The first kappa shape index (κ1) is 12.2. The highest BCUT2D eigenvalue weighted by Crippen LogP contribution is 2.28. The van der Waals surface area contributed by atoms with Crippen LogP contribution in [0.25, 0.3) is 0 Å². The van der Waals surface area contributed by atoms with Crippen LogP contribution in [0.1, 0.15) is 47.6 Å². The number of fused-ring (bicyclic) bond motifs is 1. The minimum Gasteiger partial charge on any atom is -0.344 e. The molecule has 0 saturated heterocycles. The van der Waals surface area contributed by atoms with Crippen LogP contribution in [0.3, 0.4) is 0 Å². The van der Waals surface area contributed by atoms with Crippen LogP contribution in [0, 0.1) is 6.92 Å². The average Bonchev–Trinajstić information content (AvgIpc) is 2.96. The Bertz CT molecular complexity index is 595. The molecule has 0 amide bonds. The van der Waals surface area contributed by atoms with Crippen molar-refractivity contribution in [3.05, 3.63) is 41.7 Å². The predicted molar refractivity (Wildman–Crippen MR) is 73.4 cm³/mol. The van der Waals surface area contributed by atoms with Gasteiger partial charge in [-0.15, -0.1) is 0 Å². The van der Waals surface area contributed by atoms with Gasteiger partial charge in [0.2, 0.25) is 0 Å². The highest BCUT2D eigenvalue weighted by atomic mass is 16.1. The number of rotatable bonds is 3. The molecule has 3 rings (SSSR count).